The summed E-state index contributed by atoms with van der Waals surface area (Å²) in [5.74, 6) is 0.463. The van der Waals surface area contributed by atoms with E-state index < -0.39 is 0 Å². The lowest BCUT2D eigenvalue weighted by Crippen LogP contribution is -2.20. The van der Waals surface area contributed by atoms with Gasteiger partial charge >= 0.3 is 0 Å². The van der Waals surface area contributed by atoms with Crippen molar-refractivity contribution < 1.29 is 9.53 Å². The predicted molar refractivity (Wildman–Crippen MR) is 98.5 cm³/mol. The summed E-state index contributed by atoms with van der Waals surface area (Å²) in [5, 5.41) is 9.32. The average molecular weight is 388 g/mol. The number of carbonyl (C=O) groups is 1. The van der Waals surface area contributed by atoms with Gasteiger partial charge in [0.1, 0.15) is 5.75 Å². The predicted octanol–water partition coefficient (Wildman–Crippen LogP) is 3.97. The van der Waals surface area contributed by atoms with Gasteiger partial charge in [-0.15, -0.1) is 0 Å². The van der Waals surface area contributed by atoms with Crippen LogP contribution in [-0.2, 0) is 11.8 Å². The highest BCUT2D eigenvalue weighted by molar-refractivity contribution is 9.10. The Bertz CT molecular complexity index is 918. The molecule has 1 N–H and O–H groups in total. The highest BCUT2D eigenvalue weighted by Gasteiger charge is 2.12. The smallest absolute Gasteiger partial charge is 0.262 e. The zero-order valence-corrected chi connectivity index (χ0v) is 15.3. The zero-order chi connectivity index (χ0) is 17.3. The minimum atomic E-state index is -0.204. The van der Waals surface area contributed by atoms with Crippen molar-refractivity contribution >= 4 is 38.3 Å². The number of aryl methyl sites for hydroxylation is 2. The number of nitrogens with one attached hydrogen (secondary N) is 1. The molecule has 5 nitrogen and oxygen atoms in total. The molecule has 0 aliphatic heterocycles. The van der Waals surface area contributed by atoms with Gasteiger partial charge in [0.2, 0.25) is 0 Å². The van der Waals surface area contributed by atoms with Gasteiger partial charge in [-0.1, -0.05) is 28.1 Å². The van der Waals surface area contributed by atoms with Gasteiger partial charge in [0, 0.05) is 11.5 Å². The Labute approximate surface area is 148 Å². The number of hydrogen-bond acceptors (Lipinski definition) is 3. The Morgan fingerprint density at radius 1 is 1.21 bits per heavy atom. The van der Waals surface area contributed by atoms with E-state index in [1.807, 2.05) is 57.3 Å². The maximum absolute atomic E-state index is 12.1. The topological polar surface area (TPSA) is 56.2 Å². The number of hydrogen-bond donors (Lipinski definition) is 1. The van der Waals surface area contributed by atoms with E-state index in [1.54, 1.807) is 4.68 Å². The Balaban J connectivity index is 1.67. The summed E-state index contributed by atoms with van der Waals surface area (Å²) in [6, 6.07) is 11.8. The molecule has 0 aliphatic rings. The van der Waals surface area contributed by atoms with Crippen LogP contribution in [0, 0.1) is 13.8 Å². The molecule has 0 radical (unpaired) electrons. The largest absolute Gasteiger partial charge is 0.484 e. The molecule has 0 spiro atoms. The van der Waals surface area contributed by atoms with E-state index in [0.29, 0.717) is 5.75 Å². The van der Waals surface area contributed by atoms with Crippen LogP contribution in [-0.4, -0.2) is 22.3 Å². The molecule has 0 unspecified atom stereocenters. The highest BCUT2D eigenvalue weighted by Crippen LogP contribution is 2.24. The zero-order valence-electron chi connectivity index (χ0n) is 13.8. The molecule has 2 aromatic carbocycles. The van der Waals surface area contributed by atoms with E-state index in [9.17, 15) is 4.79 Å². The first kappa shape index (κ1) is 16.5. The Morgan fingerprint density at radius 3 is 2.62 bits per heavy atom. The van der Waals surface area contributed by atoms with E-state index in [4.69, 9.17) is 4.74 Å². The molecule has 0 fully saturated rings. The minimum absolute atomic E-state index is 0.0458. The molecule has 0 saturated heterocycles. The van der Waals surface area contributed by atoms with Gasteiger partial charge in [-0.3, -0.25) is 9.48 Å². The quantitative estimate of drug-likeness (QED) is 0.736. The fourth-order valence-corrected chi connectivity index (χ4v) is 2.94. The van der Waals surface area contributed by atoms with Crippen molar-refractivity contribution in [2.45, 2.75) is 13.8 Å². The van der Waals surface area contributed by atoms with Crippen molar-refractivity contribution in [2.24, 2.45) is 7.05 Å². The molecule has 1 amide bonds. The van der Waals surface area contributed by atoms with Crippen molar-refractivity contribution in [2.75, 3.05) is 11.9 Å². The summed E-state index contributed by atoms with van der Waals surface area (Å²) >= 11 is 3.45. The number of aromatic nitrogens is 2. The first-order valence-electron chi connectivity index (χ1n) is 7.56. The van der Waals surface area contributed by atoms with Crippen LogP contribution in [0.25, 0.3) is 10.8 Å². The molecule has 1 heterocycles. The molecule has 124 valence electrons. The lowest BCUT2D eigenvalue weighted by Gasteiger charge is -2.09. The number of amides is 1. The van der Waals surface area contributed by atoms with Gasteiger partial charge < -0.3 is 10.1 Å². The molecule has 1 aromatic heterocycles. The molecule has 0 aliphatic carbocycles. The third-order valence-electron chi connectivity index (χ3n) is 3.92. The van der Waals surface area contributed by atoms with Crippen LogP contribution in [0.15, 0.2) is 40.9 Å². The Hall–Kier alpha value is -2.34. The number of halogens is 1. The number of rotatable bonds is 4. The average Bonchev–Trinajstić information content (AvgIpc) is 2.79. The van der Waals surface area contributed by atoms with Gasteiger partial charge in [0.15, 0.2) is 6.61 Å². The summed E-state index contributed by atoms with van der Waals surface area (Å²) in [5.41, 5.74) is 2.45. The maximum Gasteiger partial charge on any atom is 0.262 e. The molecule has 0 bridgehead atoms. The van der Waals surface area contributed by atoms with Gasteiger partial charge in [0.05, 0.1) is 17.1 Å². The summed E-state index contributed by atoms with van der Waals surface area (Å²) in [6.45, 7) is 3.73. The number of ether oxygens (including phenoxy) is 1. The van der Waals surface area contributed by atoms with E-state index in [0.717, 1.165) is 32.3 Å². The number of carbonyl (C=O) groups excluding carboxylic acids is 1. The van der Waals surface area contributed by atoms with E-state index in [1.165, 1.54) is 0 Å². The first-order chi connectivity index (χ1) is 11.4. The highest BCUT2D eigenvalue weighted by atomic mass is 79.9. The third kappa shape index (κ3) is 3.43. The van der Waals surface area contributed by atoms with Gasteiger partial charge in [-0.2, -0.15) is 5.10 Å². The second-order valence-corrected chi connectivity index (χ2v) is 6.58. The standard InChI is InChI=1S/C18H18BrN3O2/c1-11-18(12(2)22(3)21-11)20-17(23)10-24-16-7-5-13-8-15(19)6-4-14(13)9-16/h4-9H,10H2,1-3H3,(H,20,23). The van der Waals surface area contributed by atoms with E-state index >= 15 is 0 Å². The van der Waals surface area contributed by atoms with Gasteiger partial charge in [-0.25, -0.2) is 0 Å². The second-order valence-electron chi connectivity index (χ2n) is 5.66. The van der Waals surface area contributed by atoms with Crippen LogP contribution in [0.5, 0.6) is 5.75 Å². The Morgan fingerprint density at radius 2 is 1.92 bits per heavy atom. The minimum Gasteiger partial charge on any atom is -0.484 e. The lowest BCUT2D eigenvalue weighted by atomic mass is 10.1. The van der Waals surface area contributed by atoms with Gasteiger partial charge in [-0.05, 0) is 48.9 Å². The molecule has 24 heavy (non-hydrogen) atoms. The number of benzene rings is 2. The SMILES string of the molecule is Cc1nn(C)c(C)c1NC(=O)COc1ccc2cc(Br)ccc2c1. The molecular weight excluding hydrogens is 370 g/mol. The summed E-state index contributed by atoms with van der Waals surface area (Å²) in [6.07, 6.45) is 0. The fraction of sp³-hybridized carbons (Fsp3) is 0.222. The fourth-order valence-electron chi connectivity index (χ4n) is 2.56. The molecular formula is C18H18BrN3O2. The molecule has 6 heteroatoms. The second kappa shape index (κ2) is 6.65. The number of fused-ring (bicyclic) bond motifs is 1. The van der Waals surface area contributed by atoms with Crippen molar-refractivity contribution in [1.82, 2.24) is 9.78 Å². The molecule has 0 atom stereocenters. The van der Waals surface area contributed by atoms with Crippen LogP contribution in [0.4, 0.5) is 5.69 Å². The van der Waals surface area contributed by atoms with E-state index in [-0.39, 0.29) is 12.5 Å². The van der Waals surface area contributed by atoms with Crippen molar-refractivity contribution in [3.05, 3.63) is 52.3 Å². The van der Waals surface area contributed by atoms with Crippen molar-refractivity contribution in [1.29, 1.82) is 0 Å². The lowest BCUT2D eigenvalue weighted by molar-refractivity contribution is -0.118. The van der Waals surface area contributed by atoms with Gasteiger partial charge in [0.25, 0.3) is 5.91 Å². The maximum atomic E-state index is 12.1. The number of anilines is 1. The van der Waals surface area contributed by atoms with E-state index in [2.05, 4.69) is 26.3 Å². The van der Waals surface area contributed by atoms with Crippen LogP contribution in [0.1, 0.15) is 11.4 Å². The van der Waals surface area contributed by atoms with Crippen LogP contribution in [0.3, 0.4) is 0 Å². The van der Waals surface area contributed by atoms with Crippen LogP contribution >= 0.6 is 15.9 Å². The summed E-state index contributed by atoms with van der Waals surface area (Å²) in [4.78, 5) is 12.1. The normalized spacial score (nSPS) is 10.8. The number of nitrogens with zero attached hydrogens (tertiary/aromatic N) is 2. The summed E-state index contributed by atoms with van der Waals surface area (Å²) < 4.78 is 8.39. The third-order valence-corrected chi connectivity index (χ3v) is 4.41. The summed E-state index contributed by atoms with van der Waals surface area (Å²) in [7, 11) is 1.85. The monoisotopic (exact) mass is 387 g/mol. The molecule has 0 saturated carbocycles. The molecule has 3 rings (SSSR count). The Kier molecular flexibility index (Phi) is 4.57. The van der Waals surface area contributed by atoms with Crippen molar-refractivity contribution in [3.8, 4) is 5.75 Å². The first-order valence-corrected chi connectivity index (χ1v) is 8.35. The van der Waals surface area contributed by atoms with Crippen LogP contribution < -0.4 is 10.1 Å². The van der Waals surface area contributed by atoms with Crippen LogP contribution in [0.2, 0.25) is 0 Å². The molecule has 3 aromatic rings. The van der Waals surface area contributed by atoms with Crippen molar-refractivity contribution in [3.63, 3.8) is 0 Å².